The Hall–Kier alpha value is -3.43. The minimum absolute atomic E-state index is 0.133. The molecule has 0 saturated carbocycles. The van der Waals surface area contributed by atoms with E-state index in [0.717, 1.165) is 16.9 Å². The summed E-state index contributed by atoms with van der Waals surface area (Å²) in [5.41, 5.74) is 4.81. The number of hydrogen-bond acceptors (Lipinski definition) is 5. The zero-order valence-corrected chi connectivity index (χ0v) is 15.4. The molecular formula is C21H16N4OS. The molecule has 0 unspecified atom stereocenters. The number of aromatic nitrogens is 1. The molecule has 6 heteroatoms. The highest BCUT2D eigenvalue weighted by atomic mass is 32.1. The molecule has 5 nitrogen and oxygen atoms in total. The first-order valence-electron chi connectivity index (χ1n) is 8.38. The average Bonchev–Trinajstić information content (AvgIpc) is 3.27. The zero-order valence-electron chi connectivity index (χ0n) is 14.6. The number of nitriles is 1. The number of nitrogens with one attached hydrogen (secondary N) is 1. The Morgan fingerprint density at radius 2 is 1.85 bits per heavy atom. The summed E-state index contributed by atoms with van der Waals surface area (Å²) in [7, 11) is 0. The summed E-state index contributed by atoms with van der Waals surface area (Å²) in [6.07, 6.45) is 0. The molecule has 0 saturated heterocycles. The number of aryl methyl sites for hydroxylation is 1. The Balaban J connectivity index is 1.62. The van der Waals surface area contributed by atoms with Crippen LogP contribution in [0.3, 0.4) is 0 Å². The first kappa shape index (κ1) is 17.0. The lowest BCUT2D eigenvalue weighted by Gasteiger charge is -2.18. The summed E-state index contributed by atoms with van der Waals surface area (Å²) in [6.45, 7) is 2.26. The predicted octanol–water partition coefficient (Wildman–Crippen LogP) is 4.76. The molecule has 1 aliphatic heterocycles. The maximum Gasteiger partial charge on any atom is 0.139 e. The number of nitrogens with zero attached hydrogens (tertiary/aromatic N) is 3. The van der Waals surface area contributed by atoms with E-state index in [0.29, 0.717) is 16.1 Å². The van der Waals surface area contributed by atoms with Gasteiger partial charge in [0.2, 0.25) is 0 Å². The van der Waals surface area contributed by atoms with Gasteiger partial charge in [0.25, 0.3) is 0 Å². The minimum atomic E-state index is 0.133. The third kappa shape index (κ3) is 3.09. The first-order chi connectivity index (χ1) is 13.1. The van der Waals surface area contributed by atoms with Gasteiger partial charge in [-0.25, -0.2) is 4.98 Å². The Kier molecular flexibility index (Phi) is 4.22. The first-order valence-corrected chi connectivity index (χ1v) is 9.26. The molecule has 2 N–H and O–H groups in total. The van der Waals surface area contributed by atoms with E-state index in [1.807, 2.05) is 36.6 Å². The van der Waals surface area contributed by atoms with Crippen LogP contribution in [-0.4, -0.2) is 22.5 Å². The molecule has 1 aromatic heterocycles. The van der Waals surface area contributed by atoms with Gasteiger partial charge in [-0.3, -0.25) is 5.41 Å². The summed E-state index contributed by atoms with van der Waals surface area (Å²) < 4.78 is 0. The summed E-state index contributed by atoms with van der Waals surface area (Å²) in [5.74, 6) is 0.344. The molecule has 27 heavy (non-hydrogen) atoms. The fraction of sp³-hybridized carbons (Fsp3) is 0.0952. The highest BCUT2D eigenvalue weighted by Gasteiger charge is 2.31. The van der Waals surface area contributed by atoms with Crippen molar-refractivity contribution in [3.8, 4) is 17.3 Å². The van der Waals surface area contributed by atoms with Crippen molar-refractivity contribution in [1.29, 1.82) is 10.7 Å². The quantitative estimate of drug-likeness (QED) is 0.694. The minimum Gasteiger partial charge on any atom is -0.510 e. The number of amidine groups is 1. The van der Waals surface area contributed by atoms with Crippen molar-refractivity contribution < 1.29 is 5.11 Å². The molecule has 2 aromatic carbocycles. The van der Waals surface area contributed by atoms with Gasteiger partial charge in [0.1, 0.15) is 16.6 Å². The van der Waals surface area contributed by atoms with E-state index in [1.54, 1.807) is 29.2 Å². The van der Waals surface area contributed by atoms with Crippen LogP contribution in [0.15, 0.2) is 59.7 Å². The second-order valence-corrected chi connectivity index (χ2v) is 7.18. The van der Waals surface area contributed by atoms with Gasteiger partial charge in [0, 0.05) is 16.6 Å². The Labute approximate surface area is 161 Å². The molecule has 0 bridgehead atoms. The summed E-state index contributed by atoms with van der Waals surface area (Å²) in [5, 5.41) is 30.5. The van der Waals surface area contributed by atoms with Crippen molar-refractivity contribution in [2.24, 2.45) is 0 Å². The van der Waals surface area contributed by atoms with E-state index in [-0.39, 0.29) is 18.1 Å². The number of rotatable bonds is 3. The van der Waals surface area contributed by atoms with Crippen LogP contribution in [0.1, 0.15) is 16.1 Å². The largest absolute Gasteiger partial charge is 0.510 e. The molecule has 0 radical (unpaired) electrons. The summed E-state index contributed by atoms with van der Waals surface area (Å²) in [6, 6.07) is 17.2. The third-order valence-electron chi connectivity index (χ3n) is 4.48. The van der Waals surface area contributed by atoms with E-state index in [1.165, 1.54) is 16.9 Å². The number of aliphatic hydroxyl groups is 1. The monoisotopic (exact) mass is 372 g/mol. The van der Waals surface area contributed by atoms with Gasteiger partial charge in [0.05, 0.1) is 29.4 Å². The number of anilines is 1. The highest BCUT2D eigenvalue weighted by molar-refractivity contribution is 7.11. The Bertz CT molecular complexity index is 1090. The number of hydrogen-bond donors (Lipinski definition) is 2. The van der Waals surface area contributed by atoms with Gasteiger partial charge in [0.15, 0.2) is 0 Å². The summed E-state index contributed by atoms with van der Waals surface area (Å²) >= 11 is 1.42. The number of benzene rings is 2. The average molecular weight is 372 g/mol. The fourth-order valence-corrected chi connectivity index (χ4v) is 3.88. The van der Waals surface area contributed by atoms with Crippen LogP contribution in [0.2, 0.25) is 0 Å². The van der Waals surface area contributed by atoms with E-state index in [2.05, 4.69) is 11.1 Å². The molecule has 0 atom stereocenters. The Morgan fingerprint density at radius 3 is 2.52 bits per heavy atom. The van der Waals surface area contributed by atoms with Crippen molar-refractivity contribution in [3.05, 3.63) is 75.8 Å². The second-order valence-electron chi connectivity index (χ2n) is 6.32. The molecular weight excluding hydrogens is 356 g/mol. The molecule has 1 aliphatic rings. The van der Waals surface area contributed by atoms with Crippen LogP contribution in [-0.2, 0) is 0 Å². The van der Waals surface area contributed by atoms with E-state index in [4.69, 9.17) is 10.7 Å². The van der Waals surface area contributed by atoms with E-state index >= 15 is 0 Å². The zero-order chi connectivity index (χ0) is 19.0. The van der Waals surface area contributed by atoms with Crippen LogP contribution in [0.25, 0.3) is 16.8 Å². The van der Waals surface area contributed by atoms with Gasteiger partial charge in [-0.15, -0.1) is 11.3 Å². The summed E-state index contributed by atoms with van der Waals surface area (Å²) in [4.78, 5) is 6.35. The molecule has 0 aliphatic carbocycles. The third-order valence-corrected chi connectivity index (χ3v) is 5.34. The molecule has 0 spiro atoms. The highest BCUT2D eigenvalue weighted by Crippen LogP contribution is 2.34. The van der Waals surface area contributed by atoms with E-state index in [9.17, 15) is 5.11 Å². The fourth-order valence-electron chi connectivity index (χ4n) is 2.99. The smallest absolute Gasteiger partial charge is 0.139 e. The van der Waals surface area contributed by atoms with E-state index < -0.39 is 0 Å². The van der Waals surface area contributed by atoms with Crippen LogP contribution in [0.5, 0.6) is 0 Å². The van der Waals surface area contributed by atoms with Crippen molar-refractivity contribution in [3.63, 3.8) is 0 Å². The van der Waals surface area contributed by atoms with Crippen LogP contribution < -0.4 is 4.90 Å². The van der Waals surface area contributed by atoms with Gasteiger partial charge in [-0.2, -0.15) is 5.26 Å². The molecule has 132 valence electrons. The molecule has 2 heterocycles. The van der Waals surface area contributed by atoms with Crippen LogP contribution in [0.4, 0.5) is 5.69 Å². The van der Waals surface area contributed by atoms with Crippen molar-refractivity contribution in [2.45, 2.75) is 6.92 Å². The lowest BCUT2D eigenvalue weighted by molar-refractivity contribution is 0.411. The lowest BCUT2D eigenvalue weighted by atomic mass is 10.1. The number of thiazole rings is 1. The topological polar surface area (TPSA) is 84.0 Å². The van der Waals surface area contributed by atoms with Gasteiger partial charge < -0.3 is 10.0 Å². The van der Waals surface area contributed by atoms with Crippen molar-refractivity contribution in [1.82, 2.24) is 4.98 Å². The van der Waals surface area contributed by atoms with Gasteiger partial charge in [-0.1, -0.05) is 29.8 Å². The second kappa shape index (κ2) is 6.71. The maximum atomic E-state index is 10.5. The lowest BCUT2D eigenvalue weighted by Crippen LogP contribution is -2.25. The van der Waals surface area contributed by atoms with Crippen molar-refractivity contribution in [2.75, 3.05) is 11.4 Å². The molecule has 0 amide bonds. The van der Waals surface area contributed by atoms with Crippen molar-refractivity contribution >= 4 is 28.4 Å². The number of aliphatic hydroxyl groups excluding tert-OH is 1. The Morgan fingerprint density at radius 1 is 1.15 bits per heavy atom. The molecule has 4 rings (SSSR count). The predicted molar refractivity (Wildman–Crippen MR) is 108 cm³/mol. The molecule has 0 fully saturated rings. The maximum absolute atomic E-state index is 10.5. The molecule has 3 aromatic rings. The normalized spacial score (nSPS) is 13.9. The van der Waals surface area contributed by atoms with Crippen LogP contribution in [0, 0.1) is 23.7 Å². The van der Waals surface area contributed by atoms with Gasteiger partial charge >= 0.3 is 0 Å². The SMILES string of the molecule is Cc1ccc(-c2csc(C3=C(O)CN(c4ccc(C#N)cc4)C3=N)n2)cc1. The van der Waals surface area contributed by atoms with Gasteiger partial charge in [-0.05, 0) is 31.2 Å². The standard InChI is InChI=1S/C21H16N4OS/c1-13-2-6-15(7-3-13)17-12-27-21(24-17)19-18(26)11-25(20(19)23)16-8-4-14(10-22)5-9-16/h2-9,12,23,26H,11H2,1H3. The van der Waals surface area contributed by atoms with Crippen LogP contribution >= 0.6 is 11.3 Å².